The molecule has 4 aromatic carbocycles. The molecule has 0 spiro atoms. The van der Waals surface area contributed by atoms with E-state index in [2.05, 4.69) is 16.0 Å². The van der Waals surface area contributed by atoms with Crippen molar-refractivity contribution in [3.05, 3.63) is 132 Å². The van der Waals surface area contributed by atoms with Crippen LogP contribution >= 0.6 is 11.8 Å². The fourth-order valence-corrected chi connectivity index (χ4v) is 4.78. The highest BCUT2D eigenvalue weighted by atomic mass is 32.2. The maximum atomic E-state index is 14.0. The van der Waals surface area contributed by atoms with E-state index in [1.54, 1.807) is 60.7 Å². The Balaban J connectivity index is 1.49. The number of rotatable bonds is 10. The molecule has 0 saturated carbocycles. The molecule has 0 saturated heterocycles. The molecule has 0 radical (unpaired) electrons. The van der Waals surface area contributed by atoms with E-state index >= 15 is 0 Å². The fourth-order valence-electron chi connectivity index (χ4n) is 3.77. The second kappa shape index (κ2) is 13.9. The van der Waals surface area contributed by atoms with Crippen molar-refractivity contribution in [2.75, 3.05) is 10.6 Å². The number of thioether (sulfide) groups is 1. The van der Waals surface area contributed by atoms with Crippen molar-refractivity contribution in [1.82, 2.24) is 5.32 Å². The van der Waals surface area contributed by atoms with Gasteiger partial charge in [0.05, 0.1) is 10.9 Å². The van der Waals surface area contributed by atoms with Crippen molar-refractivity contribution in [1.29, 1.82) is 0 Å². The second-order valence-electron chi connectivity index (χ2n) is 8.75. The topological polar surface area (TPSA) is 87.3 Å². The van der Waals surface area contributed by atoms with Crippen LogP contribution in [0, 0.1) is 5.82 Å². The van der Waals surface area contributed by atoms with Crippen LogP contribution in [0.2, 0.25) is 0 Å². The Hall–Kier alpha value is -4.69. The van der Waals surface area contributed by atoms with Crippen molar-refractivity contribution in [2.45, 2.75) is 23.5 Å². The second-order valence-corrected chi connectivity index (χ2v) is 10.0. The molecule has 0 aliphatic carbocycles. The molecule has 3 amide bonds. The number of carbonyl (C=O) groups is 3. The molecule has 4 aromatic rings. The lowest BCUT2D eigenvalue weighted by atomic mass is 10.1. The number of halogens is 1. The summed E-state index contributed by atoms with van der Waals surface area (Å²) in [5, 5.41) is 7.73. The maximum Gasteiger partial charge on any atom is 0.272 e. The Kier molecular flexibility index (Phi) is 9.85. The molecular weight excluding hydrogens is 525 g/mol. The van der Waals surface area contributed by atoms with Gasteiger partial charge in [0.25, 0.3) is 11.8 Å². The zero-order chi connectivity index (χ0) is 28.3. The van der Waals surface area contributed by atoms with Crippen LogP contribution in [0.3, 0.4) is 0 Å². The van der Waals surface area contributed by atoms with Gasteiger partial charge in [0, 0.05) is 16.1 Å². The van der Waals surface area contributed by atoms with E-state index in [4.69, 9.17) is 0 Å². The van der Waals surface area contributed by atoms with Crippen molar-refractivity contribution >= 4 is 46.9 Å². The molecule has 6 nitrogen and oxygen atoms in total. The molecule has 0 bridgehead atoms. The Morgan fingerprint density at radius 2 is 1.50 bits per heavy atom. The molecule has 0 aromatic heterocycles. The van der Waals surface area contributed by atoms with Crippen LogP contribution in [-0.2, 0) is 9.59 Å². The zero-order valence-electron chi connectivity index (χ0n) is 21.8. The fraction of sp³-hybridized carbons (Fsp3) is 0.0938. The van der Waals surface area contributed by atoms with Crippen LogP contribution in [0.25, 0.3) is 6.08 Å². The lowest BCUT2D eigenvalue weighted by molar-refractivity contribution is -0.116. The van der Waals surface area contributed by atoms with Gasteiger partial charge in [-0.1, -0.05) is 73.7 Å². The summed E-state index contributed by atoms with van der Waals surface area (Å²) in [6, 6.07) is 30.9. The van der Waals surface area contributed by atoms with Crippen LogP contribution in [0.1, 0.15) is 29.3 Å². The number of para-hydroxylation sites is 1. The number of hydrogen-bond donors (Lipinski definition) is 3. The molecule has 3 N–H and O–H groups in total. The van der Waals surface area contributed by atoms with Gasteiger partial charge in [-0.05, 0) is 60.5 Å². The highest BCUT2D eigenvalue weighted by molar-refractivity contribution is 8.00. The van der Waals surface area contributed by atoms with Crippen molar-refractivity contribution in [3.8, 4) is 0 Å². The van der Waals surface area contributed by atoms with E-state index in [-0.39, 0.29) is 17.3 Å². The predicted octanol–water partition coefficient (Wildman–Crippen LogP) is 6.74. The molecule has 1 unspecified atom stereocenters. The minimum atomic E-state index is -0.501. The Labute approximate surface area is 236 Å². The SMILES string of the molecule is CCC(Sc1cccc(NC(=O)/C(=C/c2ccccc2)NC(=O)c2ccccc2)c1)C(=O)Nc1ccccc1F. The third-order valence-corrected chi connectivity index (χ3v) is 7.16. The number of anilines is 2. The number of nitrogens with one attached hydrogen (secondary N) is 3. The number of benzene rings is 4. The van der Waals surface area contributed by atoms with E-state index in [9.17, 15) is 18.8 Å². The van der Waals surface area contributed by atoms with Gasteiger partial charge in [-0.25, -0.2) is 4.39 Å². The van der Waals surface area contributed by atoms with E-state index in [0.29, 0.717) is 17.7 Å². The summed E-state index contributed by atoms with van der Waals surface area (Å²) in [5.41, 5.74) is 1.87. The quantitative estimate of drug-likeness (QED) is 0.150. The third-order valence-electron chi connectivity index (χ3n) is 5.80. The minimum Gasteiger partial charge on any atom is -0.323 e. The van der Waals surface area contributed by atoms with Gasteiger partial charge in [-0.15, -0.1) is 11.8 Å². The van der Waals surface area contributed by atoms with Gasteiger partial charge in [0.1, 0.15) is 11.5 Å². The first-order valence-electron chi connectivity index (χ1n) is 12.7. The third kappa shape index (κ3) is 7.91. The molecule has 0 aliphatic heterocycles. The largest absolute Gasteiger partial charge is 0.323 e. The molecule has 4 rings (SSSR count). The molecule has 40 heavy (non-hydrogen) atoms. The Morgan fingerprint density at radius 1 is 0.825 bits per heavy atom. The average molecular weight is 554 g/mol. The van der Waals surface area contributed by atoms with Gasteiger partial charge >= 0.3 is 0 Å². The number of hydrogen-bond acceptors (Lipinski definition) is 4. The van der Waals surface area contributed by atoms with Crippen molar-refractivity contribution in [2.24, 2.45) is 0 Å². The Morgan fingerprint density at radius 3 is 2.20 bits per heavy atom. The van der Waals surface area contributed by atoms with E-state index in [1.807, 2.05) is 49.4 Å². The standard InChI is InChI=1S/C32H28FN3O3S/c1-2-29(32(39)35-27-19-10-9-18-26(27)33)40-25-17-11-16-24(21-25)34-31(38)28(20-22-12-5-3-6-13-22)36-30(37)23-14-7-4-8-15-23/h3-21,29H,2H2,1H3,(H,34,38)(H,35,39)(H,36,37)/b28-20-. The van der Waals surface area contributed by atoms with Crippen molar-refractivity contribution in [3.63, 3.8) is 0 Å². The van der Waals surface area contributed by atoms with Gasteiger partial charge in [-0.3, -0.25) is 14.4 Å². The molecule has 8 heteroatoms. The van der Waals surface area contributed by atoms with Crippen LogP contribution in [-0.4, -0.2) is 23.0 Å². The van der Waals surface area contributed by atoms with Crippen LogP contribution < -0.4 is 16.0 Å². The molecule has 1 atom stereocenters. The lowest BCUT2D eigenvalue weighted by Gasteiger charge is -2.16. The molecular formula is C32H28FN3O3S. The summed E-state index contributed by atoms with van der Waals surface area (Å²) >= 11 is 1.31. The number of amides is 3. The van der Waals surface area contributed by atoms with Crippen LogP contribution in [0.5, 0.6) is 0 Å². The van der Waals surface area contributed by atoms with Gasteiger partial charge in [0.15, 0.2) is 0 Å². The van der Waals surface area contributed by atoms with Crippen LogP contribution in [0.15, 0.2) is 120 Å². The van der Waals surface area contributed by atoms with Crippen LogP contribution in [0.4, 0.5) is 15.8 Å². The monoisotopic (exact) mass is 553 g/mol. The summed E-state index contributed by atoms with van der Waals surface area (Å²) in [6.45, 7) is 1.88. The normalized spacial score (nSPS) is 11.8. The average Bonchev–Trinajstić information content (AvgIpc) is 2.98. The maximum absolute atomic E-state index is 14.0. The summed E-state index contributed by atoms with van der Waals surface area (Å²) < 4.78 is 14.0. The Bertz CT molecular complexity index is 1510. The zero-order valence-corrected chi connectivity index (χ0v) is 22.6. The van der Waals surface area contributed by atoms with Gasteiger partial charge < -0.3 is 16.0 Å². The van der Waals surface area contributed by atoms with Gasteiger partial charge in [-0.2, -0.15) is 0 Å². The molecule has 0 aliphatic rings. The first-order valence-corrected chi connectivity index (χ1v) is 13.6. The highest BCUT2D eigenvalue weighted by Crippen LogP contribution is 2.29. The molecule has 0 fully saturated rings. The molecule has 202 valence electrons. The van der Waals surface area contributed by atoms with Crippen molar-refractivity contribution < 1.29 is 18.8 Å². The summed E-state index contributed by atoms with van der Waals surface area (Å²) in [7, 11) is 0. The highest BCUT2D eigenvalue weighted by Gasteiger charge is 2.20. The first kappa shape index (κ1) is 28.3. The first-order chi connectivity index (χ1) is 19.4. The van der Waals surface area contributed by atoms with E-state index in [1.165, 1.54) is 23.9 Å². The number of carbonyl (C=O) groups excluding carboxylic acids is 3. The van der Waals surface area contributed by atoms with E-state index in [0.717, 1.165) is 10.5 Å². The molecule has 0 heterocycles. The van der Waals surface area contributed by atoms with Gasteiger partial charge in [0.2, 0.25) is 5.91 Å². The predicted molar refractivity (Wildman–Crippen MR) is 158 cm³/mol. The minimum absolute atomic E-state index is 0.0776. The summed E-state index contributed by atoms with van der Waals surface area (Å²) in [4.78, 5) is 39.7. The summed E-state index contributed by atoms with van der Waals surface area (Å²) in [5.74, 6) is -1.73. The smallest absolute Gasteiger partial charge is 0.272 e. The summed E-state index contributed by atoms with van der Waals surface area (Å²) in [6.07, 6.45) is 2.12. The van der Waals surface area contributed by atoms with E-state index < -0.39 is 22.9 Å². The lowest BCUT2D eigenvalue weighted by Crippen LogP contribution is -2.30.